The van der Waals surface area contributed by atoms with E-state index in [0.717, 1.165) is 36.6 Å². The van der Waals surface area contributed by atoms with Crippen LogP contribution in [0.15, 0.2) is 42.6 Å². The molecule has 0 saturated heterocycles. The van der Waals surface area contributed by atoms with Gasteiger partial charge in [0.05, 0.1) is 24.2 Å². The topological polar surface area (TPSA) is 106 Å². The summed E-state index contributed by atoms with van der Waals surface area (Å²) >= 11 is 6.03. The molecule has 0 spiro atoms. The molecule has 2 aliphatic carbocycles. The molecule has 0 aliphatic heterocycles. The second-order valence-electron chi connectivity index (χ2n) is 8.59. The Morgan fingerprint density at radius 1 is 1.09 bits per heavy atom. The van der Waals surface area contributed by atoms with Crippen molar-refractivity contribution in [1.82, 2.24) is 20.5 Å². The summed E-state index contributed by atoms with van der Waals surface area (Å²) in [6, 6.07) is 11.0. The van der Waals surface area contributed by atoms with Crippen molar-refractivity contribution in [2.24, 2.45) is 0 Å². The van der Waals surface area contributed by atoms with Crippen molar-refractivity contribution in [3.05, 3.63) is 53.4 Å². The normalized spacial score (nSPS) is 15.6. The summed E-state index contributed by atoms with van der Waals surface area (Å²) in [5.74, 6) is 0.154. The van der Waals surface area contributed by atoms with E-state index in [1.165, 1.54) is 13.1 Å². The largest absolute Gasteiger partial charge is 0.494 e. The summed E-state index contributed by atoms with van der Waals surface area (Å²) in [5.41, 5.74) is 3.27. The minimum Gasteiger partial charge on any atom is -0.494 e. The molecule has 3 aromatic rings. The molecule has 2 fully saturated rings. The minimum atomic E-state index is -2.37. The molecule has 0 radical (unpaired) electrons. The number of rotatable bonds is 8. The van der Waals surface area contributed by atoms with Crippen molar-refractivity contribution < 1.29 is 14.1 Å². The van der Waals surface area contributed by atoms with Crippen molar-refractivity contribution >= 4 is 41.3 Å². The monoisotopic (exact) mass is 497 g/mol. The lowest BCUT2D eigenvalue weighted by molar-refractivity contribution is 0.0958. The van der Waals surface area contributed by atoms with Crippen molar-refractivity contribution in [2.45, 2.75) is 37.0 Å². The van der Waals surface area contributed by atoms with Gasteiger partial charge in [-0.05, 0) is 49.9 Å². The lowest BCUT2D eigenvalue weighted by Gasteiger charge is -2.19. The van der Waals surface area contributed by atoms with Crippen LogP contribution in [0.25, 0.3) is 11.3 Å². The standard InChI is InChI=1S/C24H25ClN5O3P/c1-26-24(31)22-20(12-21(25)29-30-22)28-19-5-3-4-17(23(19)33-2)18-11-10-16(13-27-18)34(32,14-6-7-14)15-8-9-15/h3-5,10-15H,6-9H2,1-2H3,(H,26,31)(H,28,29). The number of hydrogen-bond acceptors (Lipinski definition) is 7. The fraction of sp³-hybridized carbons (Fsp3) is 0.333. The lowest BCUT2D eigenvalue weighted by atomic mass is 10.1. The Hall–Kier alpha value is -2.96. The molecule has 10 heteroatoms. The summed E-state index contributed by atoms with van der Waals surface area (Å²) in [7, 11) is 0.721. The zero-order valence-corrected chi connectivity index (χ0v) is 20.6. The van der Waals surface area contributed by atoms with Crippen molar-refractivity contribution in [3.63, 3.8) is 0 Å². The molecule has 34 heavy (non-hydrogen) atoms. The van der Waals surface area contributed by atoms with Crippen LogP contribution in [0.2, 0.25) is 5.15 Å². The van der Waals surface area contributed by atoms with Gasteiger partial charge in [-0.25, -0.2) is 0 Å². The number of hydrogen-bond donors (Lipinski definition) is 2. The third-order valence-corrected chi connectivity index (χ3v) is 10.8. The number of pyridine rings is 1. The number of aromatic nitrogens is 3. The predicted molar refractivity (Wildman–Crippen MR) is 133 cm³/mol. The van der Waals surface area contributed by atoms with Crippen LogP contribution in [0.1, 0.15) is 36.2 Å². The Labute approximate surface area is 202 Å². The van der Waals surface area contributed by atoms with Crippen LogP contribution in [0, 0.1) is 0 Å². The highest BCUT2D eigenvalue weighted by molar-refractivity contribution is 7.73. The summed E-state index contributed by atoms with van der Waals surface area (Å²) in [6.45, 7) is 0. The van der Waals surface area contributed by atoms with Crippen LogP contribution in [0.4, 0.5) is 11.4 Å². The molecule has 2 N–H and O–H groups in total. The first-order chi connectivity index (χ1) is 16.5. The van der Waals surface area contributed by atoms with Crippen LogP contribution < -0.4 is 20.7 Å². The van der Waals surface area contributed by atoms with Gasteiger partial charge < -0.3 is 19.9 Å². The van der Waals surface area contributed by atoms with Gasteiger partial charge in [0.1, 0.15) is 7.14 Å². The lowest BCUT2D eigenvalue weighted by Crippen LogP contribution is -2.21. The first-order valence-corrected chi connectivity index (χ1v) is 13.4. The Morgan fingerprint density at radius 2 is 1.82 bits per heavy atom. The van der Waals surface area contributed by atoms with Crippen LogP contribution in [-0.4, -0.2) is 46.6 Å². The molecule has 176 valence electrons. The number of anilines is 2. The fourth-order valence-electron chi connectivity index (χ4n) is 4.34. The second kappa shape index (κ2) is 9.01. The molecule has 0 atom stereocenters. The fourth-order valence-corrected chi connectivity index (χ4v) is 8.30. The zero-order valence-electron chi connectivity index (χ0n) is 18.9. The van der Waals surface area contributed by atoms with Gasteiger partial charge >= 0.3 is 0 Å². The smallest absolute Gasteiger partial charge is 0.273 e. The maximum absolute atomic E-state index is 13.8. The Kier molecular flexibility index (Phi) is 6.04. The van der Waals surface area contributed by atoms with E-state index < -0.39 is 13.0 Å². The number of nitrogens with zero attached hydrogens (tertiary/aromatic N) is 3. The molecule has 2 heterocycles. The van der Waals surface area contributed by atoms with Gasteiger partial charge in [0.15, 0.2) is 16.6 Å². The van der Waals surface area contributed by atoms with Crippen molar-refractivity contribution in [2.75, 3.05) is 19.5 Å². The predicted octanol–water partition coefficient (Wildman–Crippen LogP) is 4.62. The zero-order chi connectivity index (χ0) is 23.9. The number of nitrogens with one attached hydrogen (secondary N) is 2. The summed E-state index contributed by atoms with van der Waals surface area (Å²) in [4.78, 5) is 16.9. The summed E-state index contributed by atoms with van der Waals surface area (Å²) < 4.78 is 19.5. The molecule has 0 bridgehead atoms. The van der Waals surface area contributed by atoms with Crippen molar-refractivity contribution in [1.29, 1.82) is 0 Å². The highest BCUT2D eigenvalue weighted by Crippen LogP contribution is 2.69. The third-order valence-electron chi connectivity index (χ3n) is 6.30. The number of amides is 1. The van der Waals surface area contributed by atoms with Crippen LogP contribution in [-0.2, 0) is 4.57 Å². The quantitative estimate of drug-likeness (QED) is 0.437. The molecule has 2 aliphatic rings. The van der Waals surface area contributed by atoms with Gasteiger partial charge in [0, 0.05) is 41.5 Å². The highest BCUT2D eigenvalue weighted by Gasteiger charge is 2.51. The van der Waals surface area contributed by atoms with Gasteiger partial charge in [0.2, 0.25) is 0 Å². The number of methoxy groups -OCH3 is 1. The second-order valence-corrected chi connectivity index (χ2v) is 12.4. The number of carbonyl (C=O) groups is 1. The molecule has 0 unspecified atom stereocenters. The SMILES string of the molecule is CNC(=O)c1nnc(Cl)cc1Nc1cccc(-c2ccc(P(=O)(C3CC3)C3CC3)cn2)c1OC. The molecular weight excluding hydrogens is 473 g/mol. The average Bonchev–Trinajstić information content (AvgIpc) is 3.76. The van der Waals surface area contributed by atoms with Gasteiger partial charge in [-0.15, -0.1) is 10.2 Å². The van der Waals surface area contributed by atoms with E-state index in [4.69, 9.17) is 16.3 Å². The maximum atomic E-state index is 13.8. The van der Waals surface area contributed by atoms with Gasteiger partial charge in [-0.3, -0.25) is 9.78 Å². The van der Waals surface area contributed by atoms with E-state index in [-0.39, 0.29) is 10.8 Å². The molecule has 2 aromatic heterocycles. The number of ether oxygens (including phenoxy) is 1. The van der Waals surface area contributed by atoms with E-state index in [9.17, 15) is 9.36 Å². The van der Waals surface area contributed by atoms with Crippen LogP contribution >= 0.6 is 18.7 Å². The van der Waals surface area contributed by atoms with E-state index in [1.54, 1.807) is 13.3 Å². The van der Waals surface area contributed by atoms with E-state index >= 15 is 0 Å². The van der Waals surface area contributed by atoms with Crippen molar-refractivity contribution in [3.8, 4) is 17.0 Å². The Balaban J connectivity index is 1.49. The van der Waals surface area contributed by atoms with Crippen LogP contribution in [0.3, 0.4) is 0 Å². The number of halogens is 1. The first-order valence-electron chi connectivity index (χ1n) is 11.2. The molecule has 5 rings (SSSR count). The maximum Gasteiger partial charge on any atom is 0.273 e. The van der Waals surface area contributed by atoms with E-state index in [1.807, 2.05) is 30.3 Å². The minimum absolute atomic E-state index is 0.109. The van der Waals surface area contributed by atoms with E-state index in [2.05, 4.69) is 25.8 Å². The molecule has 8 nitrogen and oxygen atoms in total. The van der Waals surface area contributed by atoms with Crippen LogP contribution in [0.5, 0.6) is 5.75 Å². The molecule has 1 amide bonds. The molecule has 2 saturated carbocycles. The molecule has 1 aromatic carbocycles. The molecular formula is C24H25ClN5O3P. The Morgan fingerprint density at radius 3 is 2.41 bits per heavy atom. The Bertz CT molecular complexity index is 1280. The third kappa shape index (κ3) is 4.17. The number of carbonyl (C=O) groups excluding carboxylic acids is 1. The highest BCUT2D eigenvalue weighted by atomic mass is 35.5. The van der Waals surface area contributed by atoms with Gasteiger partial charge in [-0.2, -0.15) is 0 Å². The summed E-state index contributed by atoms with van der Waals surface area (Å²) in [5, 5.41) is 14.5. The number of para-hydroxylation sites is 1. The summed E-state index contributed by atoms with van der Waals surface area (Å²) in [6.07, 6.45) is 6.01. The van der Waals surface area contributed by atoms with Gasteiger partial charge in [-0.1, -0.05) is 17.7 Å². The first kappa shape index (κ1) is 22.8. The van der Waals surface area contributed by atoms with E-state index in [0.29, 0.717) is 34.1 Å². The average molecular weight is 498 g/mol. The van der Waals surface area contributed by atoms with Gasteiger partial charge in [0.25, 0.3) is 5.91 Å². The number of benzene rings is 1.